The standard InChI is InChI=1S/C17H19Cl2NO5/c1-4-24-15(21)7-8-16(22)25-11(3)17(23)20-10(2)13-6-5-12(18)9-14(13)19/h5-11H,4H2,1-3H3,(H,20,23)/b8-7+/t10-,11-/m0/s1. The number of amides is 1. The Morgan fingerprint density at radius 2 is 1.80 bits per heavy atom. The zero-order chi connectivity index (χ0) is 19.0. The Bertz CT molecular complexity index is 675. The molecule has 0 saturated carbocycles. The van der Waals surface area contributed by atoms with Crippen LogP contribution in [0.4, 0.5) is 0 Å². The van der Waals surface area contributed by atoms with E-state index in [4.69, 9.17) is 27.9 Å². The predicted octanol–water partition coefficient (Wildman–Crippen LogP) is 3.22. The van der Waals surface area contributed by atoms with Crippen LogP contribution < -0.4 is 5.32 Å². The lowest BCUT2D eigenvalue weighted by atomic mass is 10.1. The van der Waals surface area contributed by atoms with E-state index in [-0.39, 0.29) is 6.61 Å². The van der Waals surface area contributed by atoms with Crippen molar-refractivity contribution in [3.05, 3.63) is 46.0 Å². The highest BCUT2D eigenvalue weighted by Crippen LogP contribution is 2.26. The second-order valence-electron chi connectivity index (χ2n) is 5.06. The molecule has 0 aliphatic rings. The van der Waals surface area contributed by atoms with Crippen LogP contribution in [-0.4, -0.2) is 30.6 Å². The molecule has 136 valence electrons. The van der Waals surface area contributed by atoms with Gasteiger partial charge in [-0.3, -0.25) is 4.79 Å². The van der Waals surface area contributed by atoms with Crippen molar-refractivity contribution in [1.82, 2.24) is 5.32 Å². The van der Waals surface area contributed by atoms with Gasteiger partial charge in [0.25, 0.3) is 5.91 Å². The summed E-state index contributed by atoms with van der Waals surface area (Å²) in [7, 11) is 0. The molecule has 0 spiro atoms. The lowest BCUT2D eigenvalue weighted by Crippen LogP contribution is -2.37. The molecule has 0 heterocycles. The molecule has 0 fully saturated rings. The van der Waals surface area contributed by atoms with Gasteiger partial charge < -0.3 is 14.8 Å². The van der Waals surface area contributed by atoms with Gasteiger partial charge in [-0.2, -0.15) is 0 Å². The molecule has 25 heavy (non-hydrogen) atoms. The first kappa shape index (κ1) is 21.0. The zero-order valence-corrected chi connectivity index (χ0v) is 15.6. The molecule has 0 bridgehead atoms. The highest BCUT2D eigenvalue weighted by molar-refractivity contribution is 6.35. The highest BCUT2D eigenvalue weighted by atomic mass is 35.5. The summed E-state index contributed by atoms with van der Waals surface area (Å²) in [5.41, 5.74) is 0.681. The SMILES string of the molecule is CCOC(=O)/C=C/C(=O)O[C@@H](C)C(=O)N[C@@H](C)c1ccc(Cl)cc1Cl. The van der Waals surface area contributed by atoms with E-state index in [9.17, 15) is 14.4 Å². The van der Waals surface area contributed by atoms with Crippen LogP contribution in [-0.2, 0) is 23.9 Å². The predicted molar refractivity (Wildman–Crippen MR) is 94.3 cm³/mol. The number of rotatable bonds is 7. The summed E-state index contributed by atoms with van der Waals surface area (Å²) >= 11 is 11.9. The normalized spacial score (nSPS) is 13.2. The first-order valence-electron chi connectivity index (χ1n) is 7.55. The maximum atomic E-state index is 12.1. The van der Waals surface area contributed by atoms with E-state index in [0.717, 1.165) is 12.2 Å². The summed E-state index contributed by atoms with van der Waals surface area (Å²) in [6.45, 7) is 5.00. The Labute approximate surface area is 156 Å². The lowest BCUT2D eigenvalue weighted by molar-refractivity contribution is -0.150. The Kier molecular flexibility index (Phi) is 8.45. The van der Waals surface area contributed by atoms with Crippen LogP contribution in [0.15, 0.2) is 30.4 Å². The van der Waals surface area contributed by atoms with Crippen LogP contribution in [0.2, 0.25) is 10.0 Å². The van der Waals surface area contributed by atoms with Gasteiger partial charge >= 0.3 is 11.9 Å². The van der Waals surface area contributed by atoms with Crippen LogP contribution >= 0.6 is 23.2 Å². The minimum Gasteiger partial charge on any atom is -0.463 e. The van der Waals surface area contributed by atoms with Crippen molar-refractivity contribution >= 4 is 41.0 Å². The van der Waals surface area contributed by atoms with Gasteiger partial charge in [-0.05, 0) is 38.5 Å². The third kappa shape index (κ3) is 7.15. The molecule has 1 aromatic carbocycles. The third-order valence-corrected chi connectivity index (χ3v) is 3.65. The first-order valence-corrected chi connectivity index (χ1v) is 8.31. The van der Waals surface area contributed by atoms with Crippen molar-refractivity contribution in [3.63, 3.8) is 0 Å². The summed E-state index contributed by atoms with van der Waals surface area (Å²) < 4.78 is 9.56. The quantitative estimate of drug-likeness (QED) is 0.573. The number of carbonyl (C=O) groups excluding carboxylic acids is 3. The lowest BCUT2D eigenvalue weighted by Gasteiger charge is -2.19. The number of hydrogen-bond acceptors (Lipinski definition) is 5. The smallest absolute Gasteiger partial charge is 0.331 e. The van der Waals surface area contributed by atoms with Gasteiger partial charge in [-0.15, -0.1) is 0 Å². The van der Waals surface area contributed by atoms with Crippen molar-refractivity contribution in [2.75, 3.05) is 6.61 Å². The van der Waals surface area contributed by atoms with E-state index >= 15 is 0 Å². The van der Waals surface area contributed by atoms with Crippen molar-refractivity contribution in [2.24, 2.45) is 0 Å². The molecule has 0 radical (unpaired) electrons. The van der Waals surface area contributed by atoms with Gasteiger partial charge in [0.1, 0.15) is 0 Å². The van der Waals surface area contributed by atoms with Gasteiger partial charge in [0.15, 0.2) is 6.10 Å². The highest BCUT2D eigenvalue weighted by Gasteiger charge is 2.20. The number of ether oxygens (including phenoxy) is 2. The molecular weight excluding hydrogens is 369 g/mol. The summed E-state index contributed by atoms with van der Waals surface area (Å²) in [6.07, 6.45) is 0.793. The third-order valence-electron chi connectivity index (χ3n) is 3.09. The Morgan fingerprint density at radius 1 is 1.16 bits per heavy atom. The summed E-state index contributed by atoms with van der Waals surface area (Å²) in [5.74, 6) is -1.99. The molecule has 1 N–H and O–H groups in total. The minimum atomic E-state index is -1.05. The molecule has 0 aromatic heterocycles. The van der Waals surface area contributed by atoms with Crippen LogP contribution in [0.1, 0.15) is 32.4 Å². The van der Waals surface area contributed by atoms with Crippen LogP contribution in [0.3, 0.4) is 0 Å². The van der Waals surface area contributed by atoms with Crippen LogP contribution in [0, 0.1) is 0 Å². The maximum Gasteiger partial charge on any atom is 0.331 e. The Balaban J connectivity index is 2.58. The van der Waals surface area contributed by atoms with Gasteiger partial charge in [0, 0.05) is 22.2 Å². The van der Waals surface area contributed by atoms with E-state index in [2.05, 4.69) is 10.1 Å². The van der Waals surface area contributed by atoms with E-state index in [1.54, 1.807) is 32.0 Å². The van der Waals surface area contributed by atoms with Crippen molar-refractivity contribution in [1.29, 1.82) is 0 Å². The molecule has 1 amide bonds. The molecule has 6 nitrogen and oxygen atoms in total. The maximum absolute atomic E-state index is 12.1. The van der Waals surface area contributed by atoms with Gasteiger partial charge in [0.05, 0.1) is 12.6 Å². The first-order chi connectivity index (χ1) is 11.7. The molecule has 0 saturated heterocycles. The second-order valence-corrected chi connectivity index (χ2v) is 5.90. The number of benzene rings is 1. The molecule has 1 rings (SSSR count). The number of carbonyl (C=O) groups is 3. The Morgan fingerprint density at radius 3 is 2.40 bits per heavy atom. The largest absolute Gasteiger partial charge is 0.463 e. The summed E-state index contributed by atoms with van der Waals surface area (Å²) in [6, 6.07) is 4.53. The monoisotopic (exact) mass is 387 g/mol. The Hall–Kier alpha value is -2.05. The van der Waals surface area contributed by atoms with Gasteiger partial charge in [0.2, 0.25) is 0 Å². The number of halogens is 2. The molecular formula is C17H19Cl2NO5. The average molecular weight is 388 g/mol. The number of nitrogens with one attached hydrogen (secondary N) is 1. The van der Waals surface area contributed by atoms with Crippen LogP contribution in [0.5, 0.6) is 0 Å². The van der Waals surface area contributed by atoms with Crippen molar-refractivity contribution < 1.29 is 23.9 Å². The topological polar surface area (TPSA) is 81.7 Å². The molecule has 0 aliphatic heterocycles. The molecule has 8 heteroatoms. The van der Waals surface area contributed by atoms with E-state index in [0.29, 0.717) is 15.6 Å². The van der Waals surface area contributed by atoms with Gasteiger partial charge in [-0.25, -0.2) is 9.59 Å². The fourth-order valence-corrected chi connectivity index (χ4v) is 2.43. The number of hydrogen-bond donors (Lipinski definition) is 1. The molecule has 1 aromatic rings. The molecule has 0 unspecified atom stereocenters. The molecule has 0 aliphatic carbocycles. The summed E-state index contributed by atoms with van der Waals surface area (Å²) in [5, 5.41) is 3.60. The van der Waals surface area contributed by atoms with Gasteiger partial charge in [-0.1, -0.05) is 29.3 Å². The summed E-state index contributed by atoms with van der Waals surface area (Å²) in [4.78, 5) is 34.8. The number of esters is 2. The van der Waals surface area contributed by atoms with E-state index < -0.39 is 30.0 Å². The molecule has 2 atom stereocenters. The average Bonchev–Trinajstić information content (AvgIpc) is 2.52. The van der Waals surface area contributed by atoms with E-state index in [1.807, 2.05) is 0 Å². The second kappa shape index (κ2) is 10.1. The van der Waals surface area contributed by atoms with Crippen molar-refractivity contribution in [2.45, 2.75) is 32.9 Å². The fourth-order valence-electron chi connectivity index (χ4n) is 1.85. The minimum absolute atomic E-state index is 0.197. The van der Waals surface area contributed by atoms with E-state index in [1.165, 1.54) is 6.92 Å². The van der Waals surface area contributed by atoms with Crippen molar-refractivity contribution in [3.8, 4) is 0 Å². The fraction of sp³-hybridized carbons (Fsp3) is 0.353. The van der Waals surface area contributed by atoms with Crippen LogP contribution in [0.25, 0.3) is 0 Å². The zero-order valence-electron chi connectivity index (χ0n) is 14.0.